The molecule has 4 nitrogen and oxygen atoms in total. The van der Waals surface area contributed by atoms with Crippen LogP contribution in [0.3, 0.4) is 0 Å². The first kappa shape index (κ1) is 17.2. The van der Waals surface area contributed by atoms with Crippen LogP contribution in [0.25, 0.3) is 0 Å². The molecule has 0 bridgehead atoms. The minimum Gasteiger partial charge on any atom is -0.495 e. The predicted octanol–water partition coefficient (Wildman–Crippen LogP) is 4.76. The Morgan fingerprint density at radius 1 is 1.05 bits per heavy atom. The molecule has 0 aliphatic heterocycles. The van der Waals surface area contributed by atoms with Crippen LogP contribution < -0.4 is 9.46 Å². The minimum atomic E-state index is -3.92. The zero-order valence-corrected chi connectivity index (χ0v) is 14.7. The van der Waals surface area contributed by atoms with Gasteiger partial charge in [-0.3, -0.25) is 4.72 Å². The molecule has 0 unspecified atom stereocenters. The number of rotatable bonds is 4. The first-order chi connectivity index (χ1) is 10.2. The van der Waals surface area contributed by atoms with Crippen molar-refractivity contribution in [2.45, 2.75) is 11.8 Å². The van der Waals surface area contributed by atoms with Crippen LogP contribution in [-0.2, 0) is 10.0 Å². The van der Waals surface area contributed by atoms with Gasteiger partial charge in [-0.15, -0.1) is 0 Å². The summed E-state index contributed by atoms with van der Waals surface area (Å²) in [6.45, 7) is 1.76. The third kappa shape index (κ3) is 3.60. The van der Waals surface area contributed by atoms with Gasteiger partial charge in [0.05, 0.1) is 17.8 Å². The number of benzene rings is 2. The lowest BCUT2D eigenvalue weighted by atomic mass is 10.2. The lowest BCUT2D eigenvalue weighted by Gasteiger charge is -2.14. The molecular weight excluding hydrogens is 369 g/mol. The fourth-order valence-electron chi connectivity index (χ4n) is 1.79. The highest BCUT2D eigenvalue weighted by Crippen LogP contribution is 2.34. The molecule has 2 rings (SSSR count). The van der Waals surface area contributed by atoms with Crippen molar-refractivity contribution in [2.24, 2.45) is 0 Å². The number of halogens is 3. The van der Waals surface area contributed by atoms with Crippen LogP contribution in [0.1, 0.15) is 5.56 Å². The van der Waals surface area contributed by atoms with E-state index in [1.165, 1.54) is 31.4 Å². The van der Waals surface area contributed by atoms with Crippen LogP contribution >= 0.6 is 34.8 Å². The second kappa shape index (κ2) is 6.54. The van der Waals surface area contributed by atoms with Crippen molar-refractivity contribution in [3.63, 3.8) is 0 Å². The van der Waals surface area contributed by atoms with Crippen LogP contribution in [-0.4, -0.2) is 15.5 Å². The number of hydrogen-bond donors (Lipinski definition) is 1. The maximum absolute atomic E-state index is 12.5. The van der Waals surface area contributed by atoms with Crippen molar-refractivity contribution in [1.29, 1.82) is 0 Å². The van der Waals surface area contributed by atoms with E-state index in [1.54, 1.807) is 13.0 Å². The quantitative estimate of drug-likeness (QED) is 0.831. The van der Waals surface area contributed by atoms with Gasteiger partial charge < -0.3 is 4.74 Å². The highest BCUT2D eigenvalue weighted by molar-refractivity contribution is 7.92. The first-order valence-corrected chi connectivity index (χ1v) is 8.68. The Morgan fingerprint density at radius 2 is 1.73 bits per heavy atom. The third-order valence-corrected chi connectivity index (χ3v) is 5.40. The minimum absolute atomic E-state index is 0.0709. The Balaban J connectivity index is 2.49. The molecule has 2 aromatic rings. The maximum atomic E-state index is 12.5. The first-order valence-electron chi connectivity index (χ1n) is 6.06. The SMILES string of the molecule is COc1cc(Cl)c(C)cc1NS(=O)(=O)c1cc(Cl)ccc1Cl. The molecule has 1 N–H and O–H groups in total. The summed E-state index contributed by atoms with van der Waals surface area (Å²) in [5.41, 5.74) is 0.970. The lowest BCUT2D eigenvalue weighted by Crippen LogP contribution is -2.14. The molecule has 0 heterocycles. The molecule has 0 aromatic heterocycles. The predicted molar refractivity (Wildman–Crippen MR) is 90.0 cm³/mol. The molecule has 8 heteroatoms. The fourth-order valence-corrected chi connectivity index (χ4v) is 3.77. The van der Waals surface area contributed by atoms with Gasteiger partial charge in [-0.1, -0.05) is 34.8 Å². The van der Waals surface area contributed by atoms with E-state index in [4.69, 9.17) is 39.5 Å². The Hall–Kier alpha value is -1.14. The normalized spacial score (nSPS) is 11.3. The monoisotopic (exact) mass is 379 g/mol. The van der Waals surface area contributed by atoms with Crippen LogP contribution in [0.15, 0.2) is 35.2 Å². The van der Waals surface area contributed by atoms with E-state index >= 15 is 0 Å². The maximum Gasteiger partial charge on any atom is 0.263 e. The van der Waals surface area contributed by atoms with Gasteiger partial charge in [0.25, 0.3) is 10.0 Å². The highest BCUT2D eigenvalue weighted by atomic mass is 35.5. The number of methoxy groups -OCH3 is 1. The smallest absolute Gasteiger partial charge is 0.263 e. The average Bonchev–Trinajstić information content (AvgIpc) is 2.44. The molecular formula is C14H12Cl3NO3S. The highest BCUT2D eigenvalue weighted by Gasteiger charge is 2.21. The van der Waals surface area contributed by atoms with Crippen molar-refractivity contribution in [3.8, 4) is 5.75 Å². The topological polar surface area (TPSA) is 55.4 Å². The Bertz CT molecular complexity index is 822. The summed E-state index contributed by atoms with van der Waals surface area (Å²) in [6, 6.07) is 7.33. The van der Waals surface area contributed by atoms with Crippen LogP contribution in [0.5, 0.6) is 5.75 Å². The zero-order valence-electron chi connectivity index (χ0n) is 11.7. The third-order valence-electron chi connectivity index (χ3n) is 2.91. The second-order valence-electron chi connectivity index (χ2n) is 4.48. The summed E-state index contributed by atoms with van der Waals surface area (Å²) < 4.78 is 32.6. The van der Waals surface area contributed by atoms with Crippen LogP contribution in [0.2, 0.25) is 15.1 Å². The van der Waals surface area contributed by atoms with Crippen molar-refractivity contribution >= 4 is 50.5 Å². The van der Waals surface area contributed by atoms with Gasteiger partial charge in [0, 0.05) is 16.1 Å². The Morgan fingerprint density at radius 3 is 2.36 bits per heavy atom. The molecule has 2 aromatic carbocycles. The number of anilines is 1. The van der Waals surface area contributed by atoms with E-state index in [0.29, 0.717) is 16.3 Å². The van der Waals surface area contributed by atoms with Crippen LogP contribution in [0.4, 0.5) is 5.69 Å². The number of aryl methyl sites for hydroxylation is 1. The summed E-state index contributed by atoms with van der Waals surface area (Å²) in [7, 11) is -2.50. The van der Waals surface area contributed by atoms with E-state index in [1.807, 2.05) is 0 Å². The molecule has 0 amide bonds. The summed E-state index contributed by atoms with van der Waals surface area (Å²) in [5.74, 6) is 0.303. The van der Waals surface area contributed by atoms with Gasteiger partial charge in [0.15, 0.2) is 0 Å². The second-order valence-corrected chi connectivity index (χ2v) is 7.38. The number of sulfonamides is 1. The Kier molecular flexibility index (Phi) is 5.12. The van der Waals surface area contributed by atoms with Gasteiger partial charge in [0.1, 0.15) is 10.6 Å². The molecule has 0 radical (unpaired) electrons. The standard InChI is InChI=1S/C14H12Cl3NO3S/c1-8-5-12(13(21-2)7-11(8)17)18-22(19,20)14-6-9(15)3-4-10(14)16/h3-7,18H,1-2H3. The van der Waals surface area contributed by atoms with E-state index < -0.39 is 10.0 Å². The van der Waals surface area contributed by atoms with Gasteiger partial charge in [0.2, 0.25) is 0 Å². The number of nitrogens with one attached hydrogen (secondary N) is 1. The molecule has 0 aliphatic rings. The number of ether oxygens (including phenoxy) is 1. The molecule has 0 aliphatic carbocycles. The molecule has 0 saturated heterocycles. The molecule has 118 valence electrons. The van der Waals surface area contributed by atoms with E-state index in [2.05, 4.69) is 4.72 Å². The van der Waals surface area contributed by atoms with Gasteiger partial charge in [-0.05, 0) is 36.8 Å². The number of hydrogen-bond acceptors (Lipinski definition) is 3. The van der Waals surface area contributed by atoms with E-state index in [-0.39, 0.29) is 20.6 Å². The van der Waals surface area contributed by atoms with Crippen molar-refractivity contribution < 1.29 is 13.2 Å². The average molecular weight is 381 g/mol. The van der Waals surface area contributed by atoms with Gasteiger partial charge in [-0.2, -0.15) is 0 Å². The van der Waals surface area contributed by atoms with E-state index in [9.17, 15) is 8.42 Å². The van der Waals surface area contributed by atoms with Gasteiger partial charge >= 0.3 is 0 Å². The van der Waals surface area contributed by atoms with E-state index in [0.717, 1.165) is 0 Å². The summed E-state index contributed by atoms with van der Waals surface area (Å²) >= 11 is 17.8. The molecule has 0 spiro atoms. The molecule has 0 saturated carbocycles. The fraction of sp³-hybridized carbons (Fsp3) is 0.143. The van der Waals surface area contributed by atoms with Crippen molar-refractivity contribution in [1.82, 2.24) is 0 Å². The molecule has 0 atom stereocenters. The summed E-state index contributed by atoms with van der Waals surface area (Å²) in [6.07, 6.45) is 0. The largest absolute Gasteiger partial charge is 0.495 e. The molecule has 0 fully saturated rings. The Labute approximate surface area is 144 Å². The summed E-state index contributed by atoms with van der Waals surface area (Å²) in [4.78, 5) is -0.115. The van der Waals surface area contributed by atoms with Gasteiger partial charge in [-0.25, -0.2) is 8.42 Å². The lowest BCUT2D eigenvalue weighted by molar-refractivity contribution is 0.417. The van der Waals surface area contributed by atoms with Crippen LogP contribution in [0, 0.1) is 6.92 Å². The van der Waals surface area contributed by atoms with Crippen molar-refractivity contribution in [2.75, 3.05) is 11.8 Å². The molecule has 22 heavy (non-hydrogen) atoms. The summed E-state index contributed by atoms with van der Waals surface area (Å²) in [5, 5.41) is 0.811. The zero-order chi connectivity index (χ0) is 16.5. The van der Waals surface area contributed by atoms with Crippen molar-refractivity contribution in [3.05, 3.63) is 51.0 Å².